The molecule has 134 valence electrons. The molecule has 25 heavy (non-hydrogen) atoms. The molecule has 0 amide bonds. The van der Waals surface area contributed by atoms with E-state index in [0.717, 1.165) is 43.4 Å². The molecule has 0 radical (unpaired) electrons. The van der Waals surface area contributed by atoms with Crippen molar-refractivity contribution in [2.24, 2.45) is 5.92 Å². The predicted molar refractivity (Wildman–Crippen MR) is 99.6 cm³/mol. The molecule has 2 aromatic carbocycles. The van der Waals surface area contributed by atoms with Gasteiger partial charge >= 0.3 is 0 Å². The first-order valence-corrected chi connectivity index (χ1v) is 8.90. The van der Waals surface area contributed by atoms with Gasteiger partial charge in [-0.05, 0) is 49.6 Å². The first-order valence-electron chi connectivity index (χ1n) is 8.90. The molecular weight excluding hydrogens is 314 g/mol. The normalized spacial score (nSPS) is 16.2. The molecule has 1 N–H and O–H groups in total. The molecule has 3 rings (SSSR count). The molecule has 0 spiro atoms. The number of nitrogens with one attached hydrogen (secondary N) is 1. The Hall–Kier alpha value is -2.20. The molecule has 4 nitrogen and oxygen atoms in total. The van der Waals surface area contributed by atoms with Gasteiger partial charge in [0.25, 0.3) is 0 Å². The number of rotatable bonds is 7. The third-order valence-electron chi connectivity index (χ3n) is 4.31. The average Bonchev–Trinajstić information content (AvgIpc) is 2.62. The maximum absolute atomic E-state index is 5.85. The summed E-state index contributed by atoms with van der Waals surface area (Å²) in [4.78, 5) is 0. The fraction of sp³-hybridized carbons (Fsp3) is 0.429. The van der Waals surface area contributed by atoms with Crippen molar-refractivity contribution < 1.29 is 14.2 Å². The van der Waals surface area contributed by atoms with Gasteiger partial charge in [-0.1, -0.05) is 24.3 Å². The van der Waals surface area contributed by atoms with E-state index in [1.54, 1.807) is 7.11 Å². The second kappa shape index (κ2) is 8.26. The number of fused-ring (bicyclic) bond motifs is 1. The highest BCUT2D eigenvalue weighted by molar-refractivity contribution is 5.43. The molecule has 1 unspecified atom stereocenters. The minimum absolute atomic E-state index is 0.132. The fourth-order valence-electron chi connectivity index (χ4n) is 3.12. The van der Waals surface area contributed by atoms with Crippen LogP contribution in [0.15, 0.2) is 42.5 Å². The van der Waals surface area contributed by atoms with Crippen molar-refractivity contribution in [3.8, 4) is 17.2 Å². The molecule has 1 heterocycles. The van der Waals surface area contributed by atoms with Crippen LogP contribution >= 0.6 is 0 Å². The predicted octanol–water partition coefficient (Wildman–Crippen LogP) is 3.82. The van der Waals surface area contributed by atoms with Crippen LogP contribution in [0.2, 0.25) is 0 Å². The van der Waals surface area contributed by atoms with Gasteiger partial charge in [-0.15, -0.1) is 0 Å². The van der Waals surface area contributed by atoms with Crippen molar-refractivity contribution in [3.05, 3.63) is 53.6 Å². The molecule has 0 bridgehead atoms. The van der Waals surface area contributed by atoms with Crippen molar-refractivity contribution >= 4 is 0 Å². The van der Waals surface area contributed by atoms with Crippen molar-refractivity contribution in [1.82, 2.24) is 5.32 Å². The van der Waals surface area contributed by atoms with Crippen LogP contribution in [0.4, 0.5) is 0 Å². The molecule has 0 saturated carbocycles. The zero-order chi connectivity index (χ0) is 17.6. The van der Waals surface area contributed by atoms with Crippen molar-refractivity contribution in [2.75, 3.05) is 20.3 Å². The topological polar surface area (TPSA) is 39.7 Å². The van der Waals surface area contributed by atoms with Crippen LogP contribution in [0, 0.1) is 5.92 Å². The van der Waals surface area contributed by atoms with E-state index < -0.39 is 0 Å². The second-order valence-electron chi connectivity index (χ2n) is 6.77. The van der Waals surface area contributed by atoms with Gasteiger partial charge in [-0.2, -0.15) is 0 Å². The zero-order valence-electron chi connectivity index (χ0n) is 15.2. The van der Waals surface area contributed by atoms with Crippen LogP contribution in [-0.2, 0) is 13.0 Å². The summed E-state index contributed by atoms with van der Waals surface area (Å²) in [6.07, 6.45) is 1.19. The highest BCUT2D eigenvalue weighted by atomic mass is 16.5. The lowest BCUT2D eigenvalue weighted by atomic mass is 9.97. The Labute approximate surface area is 150 Å². The summed E-state index contributed by atoms with van der Waals surface area (Å²) in [5.41, 5.74) is 2.49. The monoisotopic (exact) mass is 341 g/mol. The number of para-hydroxylation sites is 1. The highest BCUT2D eigenvalue weighted by Crippen LogP contribution is 2.29. The van der Waals surface area contributed by atoms with Gasteiger partial charge in [0.1, 0.15) is 5.75 Å². The fourth-order valence-corrected chi connectivity index (χ4v) is 3.12. The summed E-state index contributed by atoms with van der Waals surface area (Å²) in [5.74, 6) is 3.10. The Morgan fingerprint density at radius 3 is 2.80 bits per heavy atom. The van der Waals surface area contributed by atoms with E-state index in [1.165, 1.54) is 11.1 Å². The van der Waals surface area contributed by atoms with Crippen molar-refractivity contribution in [2.45, 2.75) is 32.9 Å². The third-order valence-corrected chi connectivity index (χ3v) is 4.31. The standard InChI is InChI=1S/C21H27NO3/c1-15(2)25-20-9-8-16(11-21(20)23-3)12-22-13-17-10-18-6-4-5-7-19(18)24-14-17/h4-9,11,15,17,22H,10,12-14H2,1-3H3. The minimum atomic E-state index is 0.132. The summed E-state index contributed by atoms with van der Waals surface area (Å²) in [6, 6.07) is 14.4. The Bertz CT molecular complexity index is 699. The van der Waals surface area contributed by atoms with Gasteiger partial charge in [-0.3, -0.25) is 0 Å². The number of hydrogen-bond acceptors (Lipinski definition) is 4. The molecule has 2 aromatic rings. The van der Waals surface area contributed by atoms with Gasteiger partial charge in [0.2, 0.25) is 0 Å². The van der Waals surface area contributed by atoms with E-state index in [2.05, 4.69) is 23.5 Å². The van der Waals surface area contributed by atoms with Gasteiger partial charge < -0.3 is 19.5 Å². The van der Waals surface area contributed by atoms with Gasteiger partial charge in [0.05, 0.1) is 19.8 Å². The molecule has 1 aliphatic heterocycles. The molecule has 0 aliphatic carbocycles. The number of benzene rings is 2. The lowest BCUT2D eigenvalue weighted by Gasteiger charge is -2.25. The highest BCUT2D eigenvalue weighted by Gasteiger charge is 2.19. The Morgan fingerprint density at radius 1 is 1.16 bits per heavy atom. The molecule has 4 heteroatoms. The first kappa shape index (κ1) is 17.6. The van der Waals surface area contributed by atoms with Crippen LogP contribution in [0.3, 0.4) is 0 Å². The summed E-state index contributed by atoms with van der Waals surface area (Å²) in [5, 5.41) is 3.54. The maximum Gasteiger partial charge on any atom is 0.161 e. The van der Waals surface area contributed by atoms with E-state index in [1.807, 2.05) is 38.1 Å². The molecule has 0 saturated heterocycles. The molecule has 0 fully saturated rings. The first-order chi connectivity index (χ1) is 12.2. The summed E-state index contributed by atoms with van der Waals surface area (Å²) >= 11 is 0. The summed E-state index contributed by atoms with van der Waals surface area (Å²) in [6.45, 7) is 6.53. The SMILES string of the molecule is COc1cc(CNCC2COc3ccccc3C2)ccc1OC(C)C. The second-order valence-corrected chi connectivity index (χ2v) is 6.77. The van der Waals surface area contributed by atoms with Gasteiger partial charge in [0.15, 0.2) is 11.5 Å². The quantitative estimate of drug-likeness (QED) is 0.831. The number of hydrogen-bond donors (Lipinski definition) is 1. The van der Waals surface area contributed by atoms with Gasteiger partial charge in [-0.25, -0.2) is 0 Å². The van der Waals surface area contributed by atoms with Crippen LogP contribution in [-0.4, -0.2) is 26.4 Å². The molecule has 1 aliphatic rings. The van der Waals surface area contributed by atoms with Crippen molar-refractivity contribution in [3.63, 3.8) is 0 Å². The number of ether oxygens (including phenoxy) is 3. The number of methoxy groups -OCH3 is 1. The van der Waals surface area contributed by atoms with E-state index in [4.69, 9.17) is 14.2 Å². The molecule has 1 atom stereocenters. The van der Waals surface area contributed by atoms with Gasteiger partial charge in [0, 0.05) is 19.0 Å². The van der Waals surface area contributed by atoms with Crippen LogP contribution in [0.25, 0.3) is 0 Å². The summed E-state index contributed by atoms with van der Waals surface area (Å²) < 4.78 is 17.1. The third kappa shape index (κ3) is 4.67. The molecule has 0 aromatic heterocycles. The van der Waals surface area contributed by atoms with E-state index >= 15 is 0 Å². The Balaban J connectivity index is 1.52. The van der Waals surface area contributed by atoms with E-state index in [0.29, 0.717) is 5.92 Å². The molecular formula is C21H27NO3. The summed E-state index contributed by atoms with van der Waals surface area (Å²) in [7, 11) is 1.68. The largest absolute Gasteiger partial charge is 0.493 e. The smallest absolute Gasteiger partial charge is 0.161 e. The van der Waals surface area contributed by atoms with Crippen LogP contribution in [0.1, 0.15) is 25.0 Å². The Morgan fingerprint density at radius 2 is 2.00 bits per heavy atom. The van der Waals surface area contributed by atoms with Crippen LogP contribution < -0.4 is 19.5 Å². The zero-order valence-corrected chi connectivity index (χ0v) is 15.2. The Kier molecular flexibility index (Phi) is 5.82. The average molecular weight is 341 g/mol. The van der Waals surface area contributed by atoms with E-state index in [-0.39, 0.29) is 6.10 Å². The van der Waals surface area contributed by atoms with E-state index in [9.17, 15) is 0 Å². The lowest BCUT2D eigenvalue weighted by Crippen LogP contribution is -2.31. The lowest BCUT2D eigenvalue weighted by molar-refractivity contribution is 0.218. The minimum Gasteiger partial charge on any atom is -0.493 e. The van der Waals surface area contributed by atoms with Crippen molar-refractivity contribution in [1.29, 1.82) is 0 Å². The maximum atomic E-state index is 5.85. The van der Waals surface area contributed by atoms with Crippen LogP contribution in [0.5, 0.6) is 17.2 Å².